The van der Waals surface area contributed by atoms with Gasteiger partial charge < -0.3 is 14.4 Å². The van der Waals surface area contributed by atoms with Crippen molar-refractivity contribution >= 4 is 22.8 Å². The number of benzene rings is 1. The fraction of sp³-hybridized carbons (Fsp3) is 0.381. The van der Waals surface area contributed by atoms with Gasteiger partial charge in [-0.05, 0) is 39.3 Å². The molecule has 0 N–H and O–H groups in total. The van der Waals surface area contributed by atoms with Gasteiger partial charge in [0.05, 0.1) is 35.5 Å². The van der Waals surface area contributed by atoms with Crippen LogP contribution in [0.5, 0.6) is 11.6 Å². The van der Waals surface area contributed by atoms with Crippen molar-refractivity contribution in [2.75, 3.05) is 19.7 Å². The summed E-state index contributed by atoms with van der Waals surface area (Å²) in [4.78, 5) is 34.6. The molecule has 0 unspecified atom stereocenters. The Morgan fingerprint density at radius 1 is 1.17 bits per heavy atom. The number of likely N-dealkylation sites (tertiary alicyclic amines) is 1. The first-order valence-corrected chi connectivity index (χ1v) is 9.95. The molecule has 1 fully saturated rings. The Balaban J connectivity index is 1.66. The predicted octanol–water partition coefficient (Wildman–Crippen LogP) is 3.22. The molecule has 0 aliphatic carbocycles. The van der Waals surface area contributed by atoms with E-state index in [1.807, 2.05) is 20.0 Å². The maximum Gasteiger partial charge on any atom is 0.338 e. The summed E-state index contributed by atoms with van der Waals surface area (Å²) in [6.45, 7) is 7.54. The maximum atomic E-state index is 12.3. The van der Waals surface area contributed by atoms with Gasteiger partial charge in [0.1, 0.15) is 11.4 Å². The number of carbonyl (C=O) groups is 2. The molecule has 9 nitrogen and oxygen atoms in total. The number of esters is 1. The number of carbonyl (C=O) groups excluding carboxylic acids is 2. The lowest BCUT2D eigenvalue weighted by Gasteiger charge is -2.30. The van der Waals surface area contributed by atoms with Crippen LogP contribution in [-0.4, -0.2) is 56.2 Å². The Morgan fingerprint density at radius 3 is 2.57 bits per heavy atom. The fourth-order valence-electron chi connectivity index (χ4n) is 3.06. The van der Waals surface area contributed by atoms with Crippen molar-refractivity contribution in [1.29, 1.82) is 0 Å². The van der Waals surface area contributed by atoms with E-state index in [9.17, 15) is 9.59 Å². The molecular formula is C21H23N5O4. The van der Waals surface area contributed by atoms with Crippen LogP contribution in [0.1, 0.15) is 54.1 Å². The van der Waals surface area contributed by atoms with Crippen molar-refractivity contribution in [3.63, 3.8) is 0 Å². The number of nitrogens with zero attached hydrogens (tertiary/aromatic N) is 5. The van der Waals surface area contributed by atoms with Gasteiger partial charge in [0, 0.05) is 25.3 Å². The van der Waals surface area contributed by atoms with Crippen LogP contribution < -0.4 is 4.74 Å². The van der Waals surface area contributed by atoms with Crippen molar-refractivity contribution in [1.82, 2.24) is 24.6 Å². The molecule has 1 amide bonds. The molecule has 0 saturated carbocycles. The molecule has 1 aliphatic heterocycles. The van der Waals surface area contributed by atoms with Crippen molar-refractivity contribution < 1.29 is 19.1 Å². The Morgan fingerprint density at radius 2 is 1.97 bits per heavy atom. The Labute approximate surface area is 173 Å². The molecule has 0 atom stereocenters. The number of aromatic nitrogens is 4. The minimum atomic E-state index is -0.454. The zero-order chi connectivity index (χ0) is 21.3. The number of rotatable bonds is 6. The van der Waals surface area contributed by atoms with E-state index >= 15 is 0 Å². The average Bonchev–Trinajstić information content (AvgIpc) is 3.12. The minimum Gasteiger partial charge on any atom is -0.462 e. The van der Waals surface area contributed by atoms with E-state index in [2.05, 4.69) is 15.1 Å². The summed E-state index contributed by atoms with van der Waals surface area (Å²) in [7, 11) is 0. The minimum absolute atomic E-state index is 0.134. The smallest absolute Gasteiger partial charge is 0.338 e. The summed E-state index contributed by atoms with van der Waals surface area (Å²) in [5.41, 5.74) is 1.23. The lowest BCUT2D eigenvalue weighted by atomic mass is 10.1. The molecule has 3 heterocycles. The van der Waals surface area contributed by atoms with E-state index in [4.69, 9.17) is 9.47 Å². The Hall–Kier alpha value is -3.49. The molecule has 30 heavy (non-hydrogen) atoms. The van der Waals surface area contributed by atoms with Gasteiger partial charge in [-0.15, -0.1) is 0 Å². The quantitative estimate of drug-likeness (QED) is 0.576. The Kier molecular flexibility index (Phi) is 5.35. The third kappa shape index (κ3) is 3.83. The van der Waals surface area contributed by atoms with E-state index in [0.29, 0.717) is 16.8 Å². The van der Waals surface area contributed by atoms with Crippen LogP contribution in [0.25, 0.3) is 10.9 Å². The lowest BCUT2D eigenvalue weighted by Crippen LogP contribution is -2.42. The standard InChI is InChI=1S/C21H23N5O4/c1-4-29-21(28)14-8-16-15(12-26(24-16)13(2)3)18(9-14)30-19-11-22-17(10-23-19)20(27)25-6-5-7-25/h8-13H,4-7H2,1-3H3. The fourth-order valence-corrected chi connectivity index (χ4v) is 3.06. The summed E-state index contributed by atoms with van der Waals surface area (Å²) in [5.74, 6) is 0.0449. The molecule has 0 bridgehead atoms. The molecule has 0 spiro atoms. The SMILES string of the molecule is CCOC(=O)c1cc(Oc2cnc(C(=O)N3CCC3)cn2)c2cn(C(C)C)nc2c1. The van der Waals surface area contributed by atoms with Gasteiger partial charge in [-0.25, -0.2) is 14.8 Å². The first-order valence-electron chi connectivity index (χ1n) is 9.95. The molecule has 3 aromatic rings. The zero-order valence-corrected chi connectivity index (χ0v) is 17.2. The highest BCUT2D eigenvalue weighted by molar-refractivity contribution is 5.97. The summed E-state index contributed by atoms with van der Waals surface area (Å²) in [6.07, 6.45) is 5.68. The summed E-state index contributed by atoms with van der Waals surface area (Å²) < 4.78 is 12.8. The van der Waals surface area contributed by atoms with Crippen LogP contribution in [0.4, 0.5) is 0 Å². The van der Waals surface area contributed by atoms with Gasteiger partial charge in [0.25, 0.3) is 5.91 Å². The maximum absolute atomic E-state index is 12.3. The predicted molar refractivity (Wildman–Crippen MR) is 109 cm³/mol. The van der Waals surface area contributed by atoms with E-state index in [-0.39, 0.29) is 30.1 Å². The monoisotopic (exact) mass is 409 g/mol. The number of fused-ring (bicyclic) bond motifs is 1. The van der Waals surface area contributed by atoms with Crippen molar-refractivity contribution in [2.45, 2.75) is 33.2 Å². The highest BCUT2D eigenvalue weighted by Gasteiger charge is 2.23. The molecule has 1 aromatic carbocycles. The zero-order valence-electron chi connectivity index (χ0n) is 17.2. The molecule has 4 rings (SSSR count). The normalized spacial score (nSPS) is 13.4. The molecule has 2 aromatic heterocycles. The van der Waals surface area contributed by atoms with E-state index in [1.165, 1.54) is 12.4 Å². The second kappa shape index (κ2) is 8.10. The van der Waals surface area contributed by atoms with Crippen LogP contribution in [0.3, 0.4) is 0 Å². The summed E-state index contributed by atoms with van der Waals surface area (Å²) in [5, 5.41) is 5.27. The van der Waals surface area contributed by atoms with Crippen LogP contribution in [0.2, 0.25) is 0 Å². The lowest BCUT2D eigenvalue weighted by molar-refractivity contribution is 0.0525. The molecule has 9 heteroatoms. The second-order valence-electron chi connectivity index (χ2n) is 7.32. The van der Waals surface area contributed by atoms with Crippen molar-refractivity contribution in [3.05, 3.63) is 42.0 Å². The van der Waals surface area contributed by atoms with Crippen LogP contribution in [0.15, 0.2) is 30.7 Å². The highest BCUT2D eigenvalue weighted by Crippen LogP contribution is 2.31. The van der Waals surface area contributed by atoms with E-state index in [1.54, 1.807) is 28.6 Å². The van der Waals surface area contributed by atoms with E-state index in [0.717, 1.165) is 24.9 Å². The third-order valence-corrected chi connectivity index (χ3v) is 4.85. The number of hydrogen-bond donors (Lipinski definition) is 0. The first kappa shape index (κ1) is 19.8. The molecule has 1 aliphatic rings. The first-order chi connectivity index (χ1) is 14.5. The topological polar surface area (TPSA) is 99.4 Å². The van der Waals surface area contributed by atoms with Gasteiger partial charge in [0.15, 0.2) is 0 Å². The number of ether oxygens (including phenoxy) is 2. The van der Waals surface area contributed by atoms with Gasteiger partial charge in [-0.3, -0.25) is 9.48 Å². The number of hydrogen-bond acceptors (Lipinski definition) is 7. The Bertz CT molecular complexity index is 1090. The van der Waals surface area contributed by atoms with Crippen molar-refractivity contribution in [2.24, 2.45) is 0 Å². The van der Waals surface area contributed by atoms with E-state index < -0.39 is 5.97 Å². The van der Waals surface area contributed by atoms with Gasteiger partial charge in [-0.1, -0.05) is 0 Å². The van der Waals surface area contributed by atoms with Crippen molar-refractivity contribution in [3.8, 4) is 11.6 Å². The molecule has 0 radical (unpaired) electrons. The largest absolute Gasteiger partial charge is 0.462 e. The number of amides is 1. The molecule has 1 saturated heterocycles. The van der Waals surface area contributed by atoms with Gasteiger partial charge in [0.2, 0.25) is 5.88 Å². The van der Waals surface area contributed by atoms with Gasteiger partial charge >= 0.3 is 5.97 Å². The second-order valence-corrected chi connectivity index (χ2v) is 7.32. The molecular weight excluding hydrogens is 386 g/mol. The van der Waals surface area contributed by atoms with Crippen LogP contribution in [0, 0.1) is 0 Å². The third-order valence-electron chi connectivity index (χ3n) is 4.85. The van der Waals surface area contributed by atoms with Crippen LogP contribution >= 0.6 is 0 Å². The highest BCUT2D eigenvalue weighted by atomic mass is 16.5. The average molecular weight is 409 g/mol. The molecule has 156 valence electrons. The van der Waals surface area contributed by atoms with Gasteiger partial charge in [-0.2, -0.15) is 5.10 Å². The summed E-state index contributed by atoms with van der Waals surface area (Å²) in [6, 6.07) is 3.43. The summed E-state index contributed by atoms with van der Waals surface area (Å²) >= 11 is 0. The van der Waals surface area contributed by atoms with Crippen LogP contribution in [-0.2, 0) is 4.74 Å².